The zero-order valence-electron chi connectivity index (χ0n) is 15.4. The molecule has 0 unspecified atom stereocenters. The van der Waals surface area contributed by atoms with Crippen LogP contribution in [0.25, 0.3) is 0 Å². The molecular weight excluding hydrogens is 350 g/mol. The molecule has 1 aromatic carbocycles. The highest BCUT2D eigenvalue weighted by molar-refractivity contribution is 7.89. The molecule has 2 fully saturated rings. The standard InChI is InChI=1S/C19H29N3O3S/c1-22(16-9-3-2-4-10-16)26(24,25)17-11-7-8-15(14-17)21-18(23)19(20)12-5-6-13-19/h7-8,11,14,16H,2-6,9-10,12-13,20H2,1H3,(H,21,23). The molecule has 2 aliphatic carbocycles. The SMILES string of the molecule is CN(C1CCCCC1)S(=O)(=O)c1cccc(NC(=O)C2(N)CCCC2)c1. The van der Waals surface area contributed by atoms with Crippen molar-refractivity contribution in [2.45, 2.75) is 74.3 Å². The number of hydrogen-bond donors (Lipinski definition) is 2. The van der Waals surface area contributed by atoms with Gasteiger partial charge in [0.1, 0.15) is 0 Å². The highest BCUT2D eigenvalue weighted by atomic mass is 32.2. The normalized spacial score (nSPS) is 21.0. The van der Waals surface area contributed by atoms with E-state index < -0.39 is 15.6 Å². The number of amides is 1. The van der Waals surface area contributed by atoms with Gasteiger partial charge in [-0.2, -0.15) is 4.31 Å². The largest absolute Gasteiger partial charge is 0.324 e. The van der Waals surface area contributed by atoms with Crippen molar-refractivity contribution in [3.05, 3.63) is 24.3 Å². The lowest BCUT2D eigenvalue weighted by Crippen LogP contribution is -2.48. The lowest BCUT2D eigenvalue weighted by molar-refractivity contribution is -0.121. The van der Waals surface area contributed by atoms with E-state index >= 15 is 0 Å². The third kappa shape index (κ3) is 3.94. The van der Waals surface area contributed by atoms with Crippen LogP contribution in [0.15, 0.2) is 29.2 Å². The number of carbonyl (C=O) groups excluding carboxylic acids is 1. The van der Waals surface area contributed by atoms with Gasteiger partial charge in [-0.1, -0.05) is 38.2 Å². The van der Waals surface area contributed by atoms with Crippen LogP contribution in [0.1, 0.15) is 57.8 Å². The minimum atomic E-state index is -3.58. The highest BCUT2D eigenvalue weighted by Crippen LogP contribution is 2.30. The average Bonchev–Trinajstić information content (AvgIpc) is 3.10. The summed E-state index contributed by atoms with van der Waals surface area (Å²) in [6, 6.07) is 6.53. The molecule has 2 aliphatic rings. The van der Waals surface area contributed by atoms with Gasteiger partial charge in [0.25, 0.3) is 0 Å². The molecule has 2 saturated carbocycles. The fourth-order valence-electron chi connectivity index (χ4n) is 4.03. The summed E-state index contributed by atoms with van der Waals surface area (Å²) in [4.78, 5) is 12.7. The van der Waals surface area contributed by atoms with Crippen molar-refractivity contribution in [1.29, 1.82) is 0 Å². The second-order valence-corrected chi connectivity index (χ2v) is 9.66. The van der Waals surface area contributed by atoms with Crippen LogP contribution < -0.4 is 11.1 Å². The van der Waals surface area contributed by atoms with Gasteiger partial charge in [-0.3, -0.25) is 4.79 Å². The second kappa shape index (κ2) is 7.66. The van der Waals surface area contributed by atoms with Gasteiger partial charge >= 0.3 is 0 Å². The maximum Gasteiger partial charge on any atom is 0.244 e. The molecule has 26 heavy (non-hydrogen) atoms. The number of carbonyl (C=O) groups is 1. The third-order valence-corrected chi connectivity index (χ3v) is 7.71. The number of nitrogens with two attached hydrogens (primary N) is 1. The Bertz CT molecular complexity index is 751. The summed E-state index contributed by atoms with van der Waals surface area (Å²) in [6.07, 6.45) is 8.35. The molecule has 0 aliphatic heterocycles. The van der Waals surface area contributed by atoms with Crippen molar-refractivity contribution in [2.24, 2.45) is 5.73 Å². The molecule has 1 amide bonds. The van der Waals surface area contributed by atoms with Crippen molar-refractivity contribution in [2.75, 3.05) is 12.4 Å². The number of anilines is 1. The van der Waals surface area contributed by atoms with E-state index in [0.29, 0.717) is 18.5 Å². The summed E-state index contributed by atoms with van der Waals surface area (Å²) in [6.45, 7) is 0. The maximum atomic E-state index is 13.0. The number of benzene rings is 1. The van der Waals surface area contributed by atoms with Gasteiger partial charge in [-0.25, -0.2) is 8.42 Å². The van der Waals surface area contributed by atoms with Crippen LogP contribution in [0.4, 0.5) is 5.69 Å². The van der Waals surface area contributed by atoms with Crippen LogP contribution in [0.5, 0.6) is 0 Å². The Kier molecular flexibility index (Phi) is 5.69. The summed E-state index contributed by atoms with van der Waals surface area (Å²) in [7, 11) is -1.92. The van der Waals surface area contributed by atoms with Crippen LogP contribution in [0.2, 0.25) is 0 Å². The van der Waals surface area contributed by atoms with Crippen molar-refractivity contribution in [1.82, 2.24) is 4.31 Å². The number of sulfonamides is 1. The molecule has 3 N–H and O–H groups in total. The summed E-state index contributed by atoms with van der Waals surface area (Å²) < 4.78 is 27.4. The predicted molar refractivity (Wildman–Crippen MR) is 102 cm³/mol. The smallest absolute Gasteiger partial charge is 0.244 e. The first-order valence-corrected chi connectivity index (χ1v) is 11.0. The quantitative estimate of drug-likeness (QED) is 0.823. The van der Waals surface area contributed by atoms with E-state index in [2.05, 4.69) is 5.32 Å². The van der Waals surface area contributed by atoms with Gasteiger partial charge in [-0.15, -0.1) is 0 Å². The monoisotopic (exact) mass is 379 g/mol. The molecule has 0 spiro atoms. The Morgan fingerprint density at radius 2 is 1.81 bits per heavy atom. The van der Waals surface area contributed by atoms with E-state index in [1.165, 1.54) is 16.8 Å². The van der Waals surface area contributed by atoms with Gasteiger partial charge in [0.2, 0.25) is 15.9 Å². The number of rotatable bonds is 5. The van der Waals surface area contributed by atoms with Crippen LogP contribution in [-0.2, 0) is 14.8 Å². The molecule has 0 bridgehead atoms. The maximum absolute atomic E-state index is 13.0. The Balaban J connectivity index is 1.76. The average molecular weight is 380 g/mol. The van der Waals surface area contributed by atoms with Gasteiger partial charge in [0.05, 0.1) is 10.4 Å². The van der Waals surface area contributed by atoms with Crippen LogP contribution in [0, 0.1) is 0 Å². The van der Waals surface area contributed by atoms with E-state index in [1.54, 1.807) is 25.2 Å². The van der Waals surface area contributed by atoms with Crippen LogP contribution in [-0.4, -0.2) is 37.3 Å². The van der Waals surface area contributed by atoms with E-state index in [-0.39, 0.29) is 16.8 Å². The van der Waals surface area contributed by atoms with E-state index in [4.69, 9.17) is 5.73 Å². The van der Waals surface area contributed by atoms with Gasteiger partial charge in [-0.05, 0) is 43.9 Å². The zero-order valence-corrected chi connectivity index (χ0v) is 16.2. The molecule has 144 valence electrons. The molecule has 6 nitrogen and oxygen atoms in total. The summed E-state index contributed by atoms with van der Waals surface area (Å²) in [5.41, 5.74) is 5.82. The fourth-order valence-corrected chi connectivity index (χ4v) is 5.49. The number of nitrogens with one attached hydrogen (secondary N) is 1. The van der Waals surface area contributed by atoms with E-state index in [9.17, 15) is 13.2 Å². The first kappa shape index (κ1) is 19.3. The summed E-state index contributed by atoms with van der Waals surface area (Å²) >= 11 is 0. The molecule has 0 aromatic heterocycles. The molecule has 0 atom stereocenters. The molecule has 1 aromatic rings. The molecule has 7 heteroatoms. The zero-order chi connectivity index (χ0) is 18.8. The van der Waals surface area contributed by atoms with Crippen molar-refractivity contribution in [3.8, 4) is 0 Å². The topological polar surface area (TPSA) is 92.5 Å². The van der Waals surface area contributed by atoms with Crippen LogP contribution >= 0.6 is 0 Å². The Labute approximate surface area is 156 Å². The first-order valence-electron chi connectivity index (χ1n) is 9.51. The van der Waals surface area contributed by atoms with E-state index in [0.717, 1.165) is 38.5 Å². The third-order valence-electron chi connectivity index (χ3n) is 5.81. The summed E-state index contributed by atoms with van der Waals surface area (Å²) in [5, 5.41) is 2.81. The predicted octanol–water partition coefficient (Wildman–Crippen LogP) is 2.85. The van der Waals surface area contributed by atoms with E-state index in [1.807, 2.05) is 0 Å². The minimum absolute atomic E-state index is 0.0535. The van der Waals surface area contributed by atoms with Gasteiger partial charge < -0.3 is 11.1 Å². The van der Waals surface area contributed by atoms with Crippen molar-refractivity contribution >= 4 is 21.6 Å². The first-order chi connectivity index (χ1) is 12.3. The molecule has 0 radical (unpaired) electrons. The number of hydrogen-bond acceptors (Lipinski definition) is 4. The lowest BCUT2D eigenvalue weighted by atomic mass is 9.96. The Hall–Kier alpha value is -1.44. The molecular formula is C19H29N3O3S. The lowest BCUT2D eigenvalue weighted by Gasteiger charge is -2.30. The minimum Gasteiger partial charge on any atom is -0.324 e. The van der Waals surface area contributed by atoms with Crippen LogP contribution in [0.3, 0.4) is 0 Å². The Morgan fingerprint density at radius 3 is 2.46 bits per heavy atom. The molecule has 0 heterocycles. The van der Waals surface area contributed by atoms with Gasteiger partial charge in [0.15, 0.2) is 0 Å². The van der Waals surface area contributed by atoms with Gasteiger partial charge in [0, 0.05) is 18.8 Å². The second-order valence-electron chi connectivity index (χ2n) is 7.66. The number of nitrogens with zero attached hydrogens (tertiary/aromatic N) is 1. The van der Waals surface area contributed by atoms with Crippen molar-refractivity contribution in [3.63, 3.8) is 0 Å². The molecule has 0 saturated heterocycles. The van der Waals surface area contributed by atoms with Crippen molar-refractivity contribution < 1.29 is 13.2 Å². The molecule has 3 rings (SSSR count). The fraction of sp³-hybridized carbons (Fsp3) is 0.632. The highest BCUT2D eigenvalue weighted by Gasteiger charge is 2.37. The summed E-state index contributed by atoms with van der Waals surface area (Å²) in [5.74, 6) is -0.231. The Morgan fingerprint density at radius 1 is 1.15 bits per heavy atom.